The first kappa shape index (κ1) is 11.5. The van der Waals surface area contributed by atoms with Crippen LogP contribution in [0.5, 0.6) is 5.75 Å². The van der Waals surface area contributed by atoms with Crippen molar-refractivity contribution < 1.29 is 4.74 Å². The van der Waals surface area contributed by atoms with Crippen molar-refractivity contribution in [2.75, 3.05) is 19.7 Å². The molecule has 0 saturated carbocycles. The largest absolute Gasteiger partial charge is 0.493 e. The Kier molecular flexibility index (Phi) is 3.83. The molecule has 0 saturated heterocycles. The molecule has 0 radical (unpaired) electrons. The van der Waals surface area contributed by atoms with E-state index in [1.54, 1.807) is 0 Å². The zero-order valence-electron chi connectivity index (χ0n) is 10.2. The van der Waals surface area contributed by atoms with Gasteiger partial charge in [0.1, 0.15) is 5.75 Å². The molecule has 1 aliphatic heterocycles. The molecule has 2 nitrogen and oxygen atoms in total. The van der Waals surface area contributed by atoms with E-state index in [4.69, 9.17) is 4.74 Å². The molecule has 0 aromatic heterocycles. The van der Waals surface area contributed by atoms with Gasteiger partial charge in [-0.05, 0) is 24.9 Å². The molecular formula is C14H21NO. The summed E-state index contributed by atoms with van der Waals surface area (Å²) < 4.78 is 5.65. The second-order valence-electron chi connectivity index (χ2n) is 4.93. The van der Waals surface area contributed by atoms with Crippen LogP contribution in [0.2, 0.25) is 0 Å². The van der Waals surface area contributed by atoms with Crippen molar-refractivity contribution in [2.45, 2.75) is 26.2 Å². The van der Waals surface area contributed by atoms with Gasteiger partial charge in [0.25, 0.3) is 0 Å². The molecule has 1 unspecified atom stereocenters. The van der Waals surface area contributed by atoms with E-state index in [9.17, 15) is 0 Å². The zero-order valence-corrected chi connectivity index (χ0v) is 10.2. The predicted octanol–water partition coefficient (Wildman–Crippen LogP) is 2.80. The summed E-state index contributed by atoms with van der Waals surface area (Å²) in [6.45, 7) is 7.49. The Morgan fingerprint density at radius 2 is 2.19 bits per heavy atom. The van der Waals surface area contributed by atoms with Gasteiger partial charge in [0.05, 0.1) is 6.61 Å². The van der Waals surface area contributed by atoms with E-state index in [0.29, 0.717) is 5.92 Å². The van der Waals surface area contributed by atoms with Crippen LogP contribution in [0.4, 0.5) is 0 Å². The maximum absolute atomic E-state index is 5.65. The van der Waals surface area contributed by atoms with Crippen molar-refractivity contribution in [3.8, 4) is 5.75 Å². The summed E-state index contributed by atoms with van der Waals surface area (Å²) in [5.41, 5.74) is 1.36. The molecule has 1 heterocycles. The molecule has 1 aromatic rings. The third-order valence-corrected chi connectivity index (χ3v) is 3.09. The van der Waals surface area contributed by atoms with E-state index in [2.05, 4.69) is 37.4 Å². The molecular weight excluding hydrogens is 198 g/mol. The molecule has 1 atom stereocenters. The smallest absolute Gasteiger partial charge is 0.122 e. The van der Waals surface area contributed by atoms with Gasteiger partial charge in [-0.3, -0.25) is 0 Å². The van der Waals surface area contributed by atoms with Crippen molar-refractivity contribution in [3.63, 3.8) is 0 Å². The topological polar surface area (TPSA) is 21.3 Å². The van der Waals surface area contributed by atoms with Crippen LogP contribution in [0.15, 0.2) is 24.3 Å². The number of fused-ring (bicyclic) bond motifs is 1. The summed E-state index contributed by atoms with van der Waals surface area (Å²) in [7, 11) is 0. The Balaban J connectivity index is 1.80. The quantitative estimate of drug-likeness (QED) is 0.769. The average Bonchev–Trinajstić information content (AvgIpc) is 2.68. The van der Waals surface area contributed by atoms with Crippen LogP contribution < -0.4 is 10.1 Å². The summed E-state index contributed by atoms with van der Waals surface area (Å²) in [5.74, 6) is 2.38. The molecule has 0 spiro atoms. The summed E-state index contributed by atoms with van der Waals surface area (Å²) in [6.07, 6.45) is 1.25. The van der Waals surface area contributed by atoms with Gasteiger partial charge in [-0.25, -0.2) is 0 Å². The monoisotopic (exact) mass is 219 g/mol. The van der Waals surface area contributed by atoms with Gasteiger partial charge in [0.15, 0.2) is 0 Å². The van der Waals surface area contributed by atoms with Gasteiger partial charge in [0, 0.05) is 18.0 Å². The van der Waals surface area contributed by atoms with Crippen LogP contribution in [0, 0.1) is 5.92 Å². The first-order valence-electron chi connectivity index (χ1n) is 6.20. The van der Waals surface area contributed by atoms with E-state index in [1.165, 1.54) is 12.0 Å². The first-order chi connectivity index (χ1) is 7.77. The fourth-order valence-electron chi connectivity index (χ4n) is 2.07. The third-order valence-electron chi connectivity index (χ3n) is 3.09. The lowest BCUT2D eigenvalue weighted by Gasteiger charge is -2.11. The second kappa shape index (κ2) is 5.35. The van der Waals surface area contributed by atoms with Gasteiger partial charge in [-0.2, -0.15) is 0 Å². The molecule has 1 aliphatic rings. The molecule has 1 N–H and O–H groups in total. The minimum atomic E-state index is 0.531. The molecule has 0 bridgehead atoms. The van der Waals surface area contributed by atoms with Crippen LogP contribution >= 0.6 is 0 Å². The normalized spacial score (nSPS) is 18.6. The molecule has 1 aromatic carbocycles. The molecule has 0 fully saturated rings. The number of rotatable bonds is 5. The molecule has 0 amide bonds. The first-order valence-corrected chi connectivity index (χ1v) is 6.20. The third kappa shape index (κ3) is 2.76. The number of hydrogen-bond donors (Lipinski definition) is 1. The Morgan fingerprint density at radius 3 is 3.00 bits per heavy atom. The molecule has 2 heteroatoms. The van der Waals surface area contributed by atoms with E-state index < -0.39 is 0 Å². The highest BCUT2D eigenvalue weighted by Gasteiger charge is 2.22. The summed E-state index contributed by atoms with van der Waals surface area (Å²) in [4.78, 5) is 0. The molecule has 2 rings (SSSR count). The lowest BCUT2D eigenvalue weighted by Crippen LogP contribution is -2.24. The minimum absolute atomic E-state index is 0.531. The molecule has 0 aliphatic carbocycles. The van der Waals surface area contributed by atoms with E-state index >= 15 is 0 Å². The van der Waals surface area contributed by atoms with Crippen molar-refractivity contribution in [1.82, 2.24) is 5.32 Å². The standard InChI is InChI=1S/C14H21NO/c1-11(2)7-8-15-9-12-10-16-14-6-4-3-5-13(12)14/h3-6,11-12,15H,7-10H2,1-2H3. The number of para-hydroxylation sites is 1. The fourth-order valence-corrected chi connectivity index (χ4v) is 2.07. The van der Waals surface area contributed by atoms with Gasteiger partial charge >= 0.3 is 0 Å². The molecule has 16 heavy (non-hydrogen) atoms. The average molecular weight is 219 g/mol. The van der Waals surface area contributed by atoms with Gasteiger partial charge in [0.2, 0.25) is 0 Å². The van der Waals surface area contributed by atoms with Crippen molar-refractivity contribution in [1.29, 1.82) is 0 Å². The molecule has 88 valence electrons. The summed E-state index contributed by atoms with van der Waals surface area (Å²) in [5, 5.41) is 3.52. The van der Waals surface area contributed by atoms with Crippen LogP contribution in [-0.4, -0.2) is 19.7 Å². The minimum Gasteiger partial charge on any atom is -0.493 e. The van der Waals surface area contributed by atoms with Crippen molar-refractivity contribution in [3.05, 3.63) is 29.8 Å². The lowest BCUT2D eigenvalue weighted by molar-refractivity contribution is 0.325. The Labute approximate surface area is 98.0 Å². The predicted molar refractivity (Wildman–Crippen MR) is 67.0 cm³/mol. The maximum Gasteiger partial charge on any atom is 0.122 e. The number of nitrogens with one attached hydrogen (secondary N) is 1. The van der Waals surface area contributed by atoms with Crippen LogP contribution in [0.25, 0.3) is 0 Å². The van der Waals surface area contributed by atoms with Crippen molar-refractivity contribution in [2.24, 2.45) is 5.92 Å². The highest BCUT2D eigenvalue weighted by atomic mass is 16.5. The highest BCUT2D eigenvalue weighted by Crippen LogP contribution is 2.32. The SMILES string of the molecule is CC(C)CCNCC1COc2ccccc21. The van der Waals surface area contributed by atoms with Gasteiger partial charge < -0.3 is 10.1 Å². The number of hydrogen-bond acceptors (Lipinski definition) is 2. The van der Waals surface area contributed by atoms with E-state index in [0.717, 1.165) is 31.4 Å². The van der Waals surface area contributed by atoms with E-state index in [-0.39, 0.29) is 0 Å². The fraction of sp³-hybridized carbons (Fsp3) is 0.571. The second-order valence-corrected chi connectivity index (χ2v) is 4.93. The van der Waals surface area contributed by atoms with Crippen LogP contribution in [0.1, 0.15) is 31.7 Å². The van der Waals surface area contributed by atoms with Crippen molar-refractivity contribution >= 4 is 0 Å². The van der Waals surface area contributed by atoms with Crippen LogP contribution in [-0.2, 0) is 0 Å². The van der Waals surface area contributed by atoms with Gasteiger partial charge in [-0.15, -0.1) is 0 Å². The number of benzene rings is 1. The zero-order chi connectivity index (χ0) is 11.4. The highest BCUT2D eigenvalue weighted by molar-refractivity contribution is 5.39. The van der Waals surface area contributed by atoms with E-state index in [1.807, 2.05) is 6.07 Å². The number of ether oxygens (including phenoxy) is 1. The Hall–Kier alpha value is -1.02. The Morgan fingerprint density at radius 1 is 1.38 bits per heavy atom. The maximum atomic E-state index is 5.65. The lowest BCUT2D eigenvalue weighted by atomic mass is 10.0. The summed E-state index contributed by atoms with van der Waals surface area (Å²) in [6, 6.07) is 8.36. The van der Waals surface area contributed by atoms with Crippen LogP contribution in [0.3, 0.4) is 0 Å². The Bertz CT molecular complexity index is 335. The summed E-state index contributed by atoms with van der Waals surface area (Å²) >= 11 is 0. The van der Waals surface area contributed by atoms with Gasteiger partial charge in [-0.1, -0.05) is 32.0 Å².